The highest BCUT2D eigenvalue weighted by Crippen LogP contribution is 2.24. The summed E-state index contributed by atoms with van der Waals surface area (Å²) in [5.41, 5.74) is 0. The van der Waals surface area contributed by atoms with Crippen LogP contribution in [0.5, 0.6) is 5.19 Å². The first-order valence-corrected chi connectivity index (χ1v) is 4.69. The summed E-state index contributed by atoms with van der Waals surface area (Å²) in [4.78, 5) is 0. The molecule has 0 radical (unpaired) electrons. The maximum Gasteiger partial charge on any atom is 0.295 e. The van der Waals surface area contributed by atoms with Crippen molar-refractivity contribution in [2.75, 3.05) is 13.2 Å². The molecule has 0 atom stereocenters. The molecule has 11 heavy (non-hydrogen) atoms. The van der Waals surface area contributed by atoms with E-state index in [2.05, 4.69) is 26.1 Å². The number of hydrogen-bond acceptors (Lipinski definition) is 5. The van der Waals surface area contributed by atoms with Crippen molar-refractivity contribution in [3.8, 4) is 5.19 Å². The molecule has 0 unspecified atom stereocenters. The molecule has 1 fully saturated rings. The minimum absolute atomic E-state index is 0.176. The summed E-state index contributed by atoms with van der Waals surface area (Å²) < 4.78 is 11.0. The number of rotatable bonds is 2. The number of ether oxygens (including phenoxy) is 2. The lowest BCUT2D eigenvalue weighted by atomic mass is 10.3. The Morgan fingerprint density at radius 1 is 1.55 bits per heavy atom. The van der Waals surface area contributed by atoms with Crippen LogP contribution in [0.15, 0.2) is 3.92 Å². The van der Waals surface area contributed by atoms with Crippen molar-refractivity contribution >= 4 is 27.3 Å². The van der Waals surface area contributed by atoms with E-state index in [0.29, 0.717) is 18.4 Å². The third kappa shape index (κ3) is 1.69. The lowest BCUT2D eigenvalue weighted by molar-refractivity contribution is -0.0799. The molecule has 0 saturated carbocycles. The van der Waals surface area contributed by atoms with Crippen LogP contribution in [-0.4, -0.2) is 29.5 Å². The fourth-order valence-electron chi connectivity index (χ4n) is 0.665. The molecule has 0 amide bonds. The summed E-state index contributed by atoms with van der Waals surface area (Å²) in [6.45, 7) is 1.33. The van der Waals surface area contributed by atoms with E-state index in [1.807, 2.05) is 0 Å². The van der Waals surface area contributed by atoms with Crippen molar-refractivity contribution < 1.29 is 9.47 Å². The van der Waals surface area contributed by atoms with Crippen molar-refractivity contribution in [1.29, 1.82) is 0 Å². The van der Waals surface area contributed by atoms with E-state index < -0.39 is 0 Å². The van der Waals surface area contributed by atoms with Crippen LogP contribution >= 0.6 is 27.3 Å². The van der Waals surface area contributed by atoms with Gasteiger partial charge >= 0.3 is 0 Å². The summed E-state index contributed by atoms with van der Waals surface area (Å²) >= 11 is 4.58. The molecule has 1 aromatic heterocycles. The second kappa shape index (κ2) is 3.04. The predicted molar refractivity (Wildman–Crippen MR) is 42.8 cm³/mol. The Kier molecular flexibility index (Phi) is 2.06. The largest absolute Gasteiger partial charge is 0.461 e. The lowest BCUT2D eigenvalue weighted by Gasteiger charge is -2.24. The van der Waals surface area contributed by atoms with Gasteiger partial charge in [-0.05, 0) is 27.3 Å². The van der Waals surface area contributed by atoms with Crippen molar-refractivity contribution in [2.24, 2.45) is 0 Å². The van der Waals surface area contributed by atoms with Crippen molar-refractivity contribution in [3.05, 3.63) is 3.92 Å². The summed E-state index contributed by atoms with van der Waals surface area (Å²) in [7, 11) is 0. The van der Waals surface area contributed by atoms with Crippen LogP contribution < -0.4 is 4.74 Å². The van der Waals surface area contributed by atoms with E-state index in [0.717, 1.165) is 3.92 Å². The molecule has 2 rings (SSSR count). The molecule has 0 spiro atoms. The van der Waals surface area contributed by atoms with Crippen LogP contribution in [0.2, 0.25) is 0 Å². The average Bonchev–Trinajstić information content (AvgIpc) is 2.27. The molecule has 2 heterocycles. The zero-order valence-electron chi connectivity index (χ0n) is 5.49. The Balaban J connectivity index is 1.95. The maximum atomic E-state index is 5.36. The molecular weight excluding hydrogens is 232 g/mol. The normalized spacial score (nSPS) is 17.9. The molecule has 0 aromatic carbocycles. The molecule has 0 bridgehead atoms. The first-order chi connectivity index (χ1) is 5.34. The summed E-state index contributed by atoms with van der Waals surface area (Å²) in [5, 5.41) is 8.13. The fraction of sp³-hybridized carbons (Fsp3) is 0.600. The highest BCUT2D eigenvalue weighted by molar-refractivity contribution is 9.11. The van der Waals surface area contributed by atoms with Gasteiger partial charge in [-0.3, -0.25) is 0 Å². The highest BCUT2D eigenvalue weighted by atomic mass is 79.9. The smallest absolute Gasteiger partial charge is 0.295 e. The molecule has 1 saturated heterocycles. The lowest BCUT2D eigenvalue weighted by Crippen LogP contribution is -2.38. The molecule has 0 N–H and O–H groups in total. The van der Waals surface area contributed by atoms with Gasteiger partial charge in [-0.15, -0.1) is 5.10 Å². The minimum atomic E-state index is 0.176. The fourth-order valence-corrected chi connectivity index (χ4v) is 1.65. The van der Waals surface area contributed by atoms with Crippen LogP contribution in [-0.2, 0) is 4.74 Å². The van der Waals surface area contributed by atoms with Gasteiger partial charge < -0.3 is 9.47 Å². The Labute approximate surface area is 75.7 Å². The van der Waals surface area contributed by atoms with Crippen molar-refractivity contribution in [3.63, 3.8) is 0 Å². The molecule has 1 aliphatic heterocycles. The van der Waals surface area contributed by atoms with Gasteiger partial charge in [0.05, 0.1) is 13.2 Å². The standard InChI is InChI=1S/C5H5BrN2O2S/c6-4-7-8-5(11-4)10-3-1-9-2-3/h3H,1-2H2. The van der Waals surface area contributed by atoms with E-state index in [9.17, 15) is 0 Å². The van der Waals surface area contributed by atoms with Crippen LogP contribution in [0.25, 0.3) is 0 Å². The number of nitrogens with zero attached hydrogens (tertiary/aromatic N) is 2. The number of halogens is 1. The SMILES string of the molecule is Brc1nnc(OC2COC2)s1. The monoisotopic (exact) mass is 236 g/mol. The van der Waals surface area contributed by atoms with Gasteiger partial charge in [0.25, 0.3) is 5.19 Å². The van der Waals surface area contributed by atoms with Gasteiger partial charge in [0.2, 0.25) is 0 Å². The highest BCUT2D eigenvalue weighted by Gasteiger charge is 2.21. The summed E-state index contributed by atoms with van der Waals surface area (Å²) in [6, 6.07) is 0. The number of hydrogen-bond donors (Lipinski definition) is 0. The molecule has 0 aliphatic carbocycles. The second-order valence-electron chi connectivity index (χ2n) is 2.10. The van der Waals surface area contributed by atoms with Gasteiger partial charge in [0, 0.05) is 0 Å². The third-order valence-electron chi connectivity index (χ3n) is 1.26. The van der Waals surface area contributed by atoms with Crippen LogP contribution in [0, 0.1) is 0 Å². The maximum absolute atomic E-state index is 5.36. The zero-order chi connectivity index (χ0) is 7.68. The molecule has 60 valence electrons. The number of aromatic nitrogens is 2. The predicted octanol–water partition coefficient (Wildman–Crippen LogP) is 1.08. The summed E-state index contributed by atoms with van der Waals surface area (Å²) in [6.07, 6.45) is 0.176. The van der Waals surface area contributed by atoms with Crippen molar-refractivity contribution in [2.45, 2.75) is 6.10 Å². The van der Waals surface area contributed by atoms with Gasteiger partial charge in [-0.25, -0.2) is 0 Å². The van der Waals surface area contributed by atoms with Gasteiger partial charge in [0.1, 0.15) is 6.10 Å². The van der Waals surface area contributed by atoms with Crippen LogP contribution in [0.3, 0.4) is 0 Å². The molecule has 1 aliphatic rings. The van der Waals surface area contributed by atoms with Gasteiger partial charge in [-0.1, -0.05) is 5.10 Å². The van der Waals surface area contributed by atoms with E-state index in [-0.39, 0.29) is 6.10 Å². The third-order valence-corrected chi connectivity index (χ3v) is 2.50. The van der Waals surface area contributed by atoms with Gasteiger partial charge in [0.15, 0.2) is 3.92 Å². The Hall–Kier alpha value is -0.200. The topological polar surface area (TPSA) is 44.2 Å². The average molecular weight is 237 g/mol. The second-order valence-corrected chi connectivity index (χ2v) is 4.31. The first kappa shape index (κ1) is 7.45. The van der Waals surface area contributed by atoms with Gasteiger partial charge in [-0.2, -0.15) is 0 Å². The van der Waals surface area contributed by atoms with Crippen LogP contribution in [0.4, 0.5) is 0 Å². The summed E-state index contributed by atoms with van der Waals surface area (Å²) in [5.74, 6) is 0. The van der Waals surface area contributed by atoms with Crippen molar-refractivity contribution in [1.82, 2.24) is 10.2 Å². The van der Waals surface area contributed by atoms with E-state index >= 15 is 0 Å². The minimum Gasteiger partial charge on any atom is -0.461 e. The van der Waals surface area contributed by atoms with Crippen LogP contribution in [0.1, 0.15) is 0 Å². The van der Waals surface area contributed by atoms with E-state index in [1.165, 1.54) is 11.3 Å². The molecule has 1 aromatic rings. The Bertz CT molecular complexity index is 250. The first-order valence-electron chi connectivity index (χ1n) is 3.08. The molecular formula is C5H5BrN2O2S. The zero-order valence-corrected chi connectivity index (χ0v) is 7.89. The molecule has 6 heteroatoms. The van der Waals surface area contributed by atoms with E-state index in [1.54, 1.807) is 0 Å². The molecule has 4 nitrogen and oxygen atoms in total. The quantitative estimate of drug-likeness (QED) is 0.771. The Morgan fingerprint density at radius 2 is 2.36 bits per heavy atom. The Morgan fingerprint density at radius 3 is 2.82 bits per heavy atom. The van der Waals surface area contributed by atoms with E-state index in [4.69, 9.17) is 9.47 Å².